The maximum Gasteiger partial charge on any atom is 0.0613 e. The highest BCUT2D eigenvalue weighted by molar-refractivity contribution is 6.42. The third-order valence-electron chi connectivity index (χ3n) is 2.54. The first-order valence-corrected chi connectivity index (χ1v) is 6.29. The van der Waals surface area contributed by atoms with Crippen LogP contribution in [0.5, 0.6) is 0 Å². The summed E-state index contributed by atoms with van der Waals surface area (Å²) in [5.41, 5.74) is 8.22. The number of rotatable bonds is 4. The highest BCUT2D eigenvalue weighted by Gasteiger charge is 2.04. The maximum atomic E-state index is 5.94. The number of benzene rings is 1. The van der Waals surface area contributed by atoms with E-state index in [2.05, 4.69) is 15.8 Å². The van der Waals surface area contributed by atoms with Crippen LogP contribution in [0.4, 0.5) is 5.69 Å². The summed E-state index contributed by atoms with van der Waals surface area (Å²) in [6, 6.07) is 9.44. The predicted octanol–water partition coefficient (Wildman–Crippen LogP) is 4.91. The van der Waals surface area contributed by atoms with Crippen molar-refractivity contribution >= 4 is 53.7 Å². The third-order valence-corrected chi connectivity index (χ3v) is 3.28. The number of pyridine rings is 1. The first kappa shape index (κ1) is 19.3. The van der Waals surface area contributed by atoms with Crippen molar-refractivity contribution < 1.29 is 0 Å². The number of anilines is 1. The molecule has 0 aliphatic carbocycles. The van der Waals surface area contributed by atoms with Gasteiger partial charge in [0, 0.05) is 18.4 Å². The zero-order valence-corrected chi connectivity index (χ0v) is 13.8. The second-order valence-corrected chi connectivity index (χ2v) is 4.72. The van der Waals surface area contributed by atoms with Gasteiger partial charge in [0.25, 0.3) is 0 Å². The fraction of sp³-hybridized carbons (Fsp3) is 0.154. The molecule has 0 aliphatic rings. The Morgan fingerprint density at radius 3 is 2.45 bits per heavy atom. The number of nitrogens with zero attached hydrogens (tertiary/aromatic N) is 1. The van der Waals surface area contributed by atoms with E-state index in [1.54, 1.807) is 18.3 Å². The van der Waals surface area contributed by atoms with E-state index in [9.17, 15) is 0 Å². The minimum absolute atomic E-state index is 0. The minimum Gasteiger partial charge on any atom is -0.321 e. The van der Waals surface area contributed by atoms with E-state index in [-0.39, 0.29) is 30.9 Å². The summed E-state index contributed by atoms with van der Waals surface area (Å²) in [7, 11) is 0. The fourth-order valence-corrected chi connectivity index (χ4v) is 1.78. The summed E-state index contributed by atoms with van der Waals surface area (Å²) in [5.74, 6) is 0. The largest absolute Gasteiger partial charge is 0.321 e. The van der Waals surface area contributed by atoms with Gasteiger partial charge in [-0.1, -0.05) is 29.3 Å². The van der Waals surface area contributed by atoms with Crippen molar-refractivity contribution in [3.63, 3.8) is 0 Å². The van der Waals surface area contributed by atoms with Crippen LogP contribution in [0.25, 0.3) is 0 Å². The molecule has 110 valence electrons. The van der Waals surface area contributed by atoms with E-state index in [1.807, 2.05) is 31.3 Å². The highest BCUT2D eigenvalue weighted by Crippen LogP contribution is 2.24. The lowest BCUT2D eigenvalue weighted by molar-refractivity contribution is 0.641. The van der Waals surface area contributed by atoms with Crippen LogP contribution in [0.2, 0.25) is 10.0 Å². The first-order chi connectivity index (χ1) is 8.66. The number of hydrazine groups is 1. The zero-order chi connectivity index (χ0) is 13.0. The molecule has 2 aromatic rings. The van der Waals surface area contributed by atoms with Gasteiger partial charge in [-0.2, -0.15) is 0 Å². The van der Waals surface area contributed by atoms with E-state index in [0.717, 1.165) is 11.3 Å². The van der Waals surface area contributed by atoms with Crippen LogP contribution in [0.15, 0.2) is 42.7 Å². The van der Waals surface area contributed by atoms with Gasteiger partial charge in [-0.3, -0.25) is 4.98 Å². The van der Waals surface area contributed by atoms with Gasteiger partial charge in [0.2, 0.25) is 0 Å². The predicted molar refractivity (Wildman–Crippen MR) is 90.4 cm³/mol. The van der Waals surface area contributed by atoms with Gasteiger partial charge in [0.1, 0.15) is 0 Å². The second-order valence-electron chi connectivity index (χ2n) is 3.91. The van der Waals surface area contributed by atoms with E-state index < -0.39 is 0 Å². The molecular formula is C13H15Cl4N3. The zero-order valence-electron chi connectivity index (χ0n) is 10.6. The molecule has 0 spiro atoms. The lowest BCUT2D eigenvalue weighted by atomic mass is 10.1. The van der Waals surface area contributed by atoms with Crippen LogP contribution in [0.1, 0.15) is 18.5 Å². The van der Waals surface area contributed by atoms with E-state index in [4.69, 9.17) is 23.2 Å². The molecule has 1 unspecified atom stereocenters. The number of hydrogen-bond donors (Lipinski definition) is 2. The smallest absolute Gasteiger partial charge is 0.0613 e. The Hall–Kier alpha value is -0.710. The van der Waals surface area contributed by atoms with Gasteiger partial charge < -0.3 is 5.43 Å². The van der Waals surface area contributed by atoms with Gasteiger partial charge in [-0.05, 0) is 36.8 Å². The normalized spacial score (nSPS) is 10.9. The number of nitrogens with one attached hydrogen (secondary N) is 2. The average molecular weight is 355 g/mol. The van der Waals surface area contributed by atoms with Gasteiger partial charge in [-0.25, -0.2) is 5.43 Å². The van der Waals surface area contributed by atoms with Gasteiger partial charge in [-0.15, -0.1) is 24.8 Å². The molecule has 0 radical (unpaired) electrons. The molecule has 1 atom stereocenters. The van der Waals surface area contributed by atoms with Crippen molar-refractivity contribution in [1.29, 1.82) is 0 Å². The molecule has 1 heterocycles. The second kappa shape index (κ2) is 9.27. The Kier molecular flexibility index (Phi) is 8.94. The molecule has 0 bridgehead atoms. The van der Waals surface area contributed by atoms with Crippen LogP contribution >= 0.6 is 48.0 Å². The average Bonchev–Trinajstić information content (AvgIpc) is 2.41. The molecular weight excluding hydrogens is 340 g/mol. The first-order valence-electron chi connectivity index (χ1n) is 5.53. The molecule has 20 heavy (non-hydrogen) atoms. The number of hydrogen-bond acceptors (Lipinski definition) is 3. The van der Waals surface area contributed by atoms with Crippen molar-refractivity contribution in [3.8, 4) is 0 Å². The van der Waals surface area contributed by atoms with Gasteiger partial charge >= 0.3 is 0 Å². The molecule has 1 aromatic heterocycles. The molecule has 7 heteroatoms. The van der Waals surface area contributed by atoms with Crippen molar-refractivity contribution in [2.75, 3.05) is 5.43 Å². The standard InChI is InChI=1S/C13H13Cl2N3.2ClH/c1-9(10-3-2-6-16-8-10)17-18-11-4-5-12(14)13(15)7-11;;/h2-9,17-18H,1H3;2*1H. The van der Waals surface area contributed by atoms with Crippen LogP contribution < -0.4 is 10.9 Å². The molecule has 0 saturated heterocycles. The maximum absolute atomic E-state index is 5.94. The minimum atomic E-state index is 0. The van der Waals surface area contributed by atoms with Crippen LogP contribution in [-0.4, -0.2) is 4.98 Å². The van der Waals surface area contributed by atoms with Gasteiger partial charge in [0.05, 0.1) is 15.7 Å². The molecule has 0 saturated carbocycles. The molecule has 0 amide bonds. The van der Waals surface area contributed by atoms with Crippen molar-refractivity contribution in [2.24, 2.45) is 0 Å². The van der Waals surface area contributed by atoms with E-state index in [0.29, 0.717) is 10.0 Å². The number of halogens is 4. The lowest BCUT2D eigenvalue weighted by Crippen LogP contribution is -2.25. The number of aromatic nitrogens is 1. The van der Waals surface area contributed by atoms with E-state index >= 15 is 0 Å². The highest BCUT2D eigenvalue weighted by atomic mass is 35.5. The summed E-state index contributed by atoms with van der Waals surface area (Å²) in [6.45, 7) is 2.04. The van der Waals surface area contributed by atoms with Crippen LogP contribution in [-0.2, 0) is 0 Å². The Bertz CT molecular complexity index is 522. The third kappa shape index (κ3) is 5.35. The molecule has 0 aliphatic heterocycles. The molecule has 0 fully saturated rings. The molecule has 1 aromatic carbocycles. The van der Waals surface area contributed by atoms with Crippen molar-refractivity contribution in [1.82, 2.24) is 10.4 Å². The Labute approximate surface area is 140 Å². The summed E-state index contributed by atoms with van der Waals surface area (Å²) < 4.78 is 0. The lowest BCUT2D eigenvalue weighted by Gasteiger charge is -2.16. The SMILES string of the molecule is CC(NNc1ccc(Cl)c(Cl)c1)c1cccnc1.Cl.Cl. The topological polar surface area (TPSA) is 37.0 Å². The van der Waals surface area contributed by atoms with Gasteiger partial charge in [0.15, 0.2) is 0 Å². The summed E-state index contributed by atoms with van der Waals surface area (Å²) in [6.07, 6.45) is 3.58. The Morgan fingerprint density at radius 1 is 1.10 bits per heavy atom. The van der Waals surface area contributed by atoms with E-state index in [1.165, 1.54) is 0 Å². The Morgan fingerprint density at radius 2 is 1.85 bits per heavy atom. The quantitative estimate of drug-likeness (QED) is 0.766. The van der Waals surface area contributed by atoms with Crippen LogP contribution in [0, 0.1) is 0 Å². The Balaban J connectivity index is 0.00000180. The van der Waals surface area contributed by atoms with Crippen LogP contribution in [0.3, 0.4) is 0 Å². The molecule has 2 N–H and O–H groups in total. The summed E-state index contributed by atoms with van der Waals surface area (Å²) in [4.78, 5) is 4.08. The molecule has 2 rings (SSSR count). The van der Waals surface area contributed by atoms with Crippen molar-refractivity contribution in [2.45, 2.75) is 13.0 Å². The van der Waals surface area contributed by atoms with Crippen molar-refractivity contribution in [3.05, 3.63) is 58.3 Å². The summed E-state index contributed by atoms with van der Waals surface area (Å²) in [5, 5.41) is 1.07. The summed E-state index contributed by atoms with van der Waals surface area (Å²) >= 11 is 11.8. The molecule has 3 nitrogen and oxygen atoms in total. The monoisotopic (exact) mass is 353 g/mol. The fourth-order valence-electron chi connectivity index (χ4n) is 1.48.